The fraction of sp³-hybridized carbons (Fsp3) is 0.429. The number of methoxy groups -OCH3 is 1. The van der Waals surface area contributed by atoms with E-state index in [0.29, 0.717) is 30.2 Å². The Balaban J connectivity index is 0.00000400. The molecule has 0 aliphatic heterocycles. The van der Waals surface area contributed by atoms with Crippen molar-refractivity contribution in [1.82, 2.24) is 4.90 Å². The average molecular weight is 316 g/mol. The number of amides is 1. The monoisotopic (exact) mass is 315 g/mol. The number of carbonyl (C=O) groups is 1. The number of likely N-dealkylation sites (N-methyl/N-ethyl adjacent to an activating group) is 1. The third-order valence-corrected chi connectivity index (χ3v) is 2.95. The van der Waals surface area contributed by atoms with Crippen molar-refractivity contribution in [3.05, 3.63) is 23.8 Å². The van der Waals surface area contributed by atoms with Crippen LogP contribution in [0.15, 0.2) is 18.2 Å². The van der Waals surface area contributed by atoms with Gasteiger partial charge in [0.1, 0.15) is 5.84 Å². The van der Waals surface area contributed by atoms with Gasteiger partial charge in [-0.1, -0.05) is 6.07 Å². The summed E-state index contributed by atoms with van der Waals surface area (Å²) in [6.07, 6.45) is 0. The van der Waals surface area contributed by atoms with Gasteiger partial charge in [0.15, 0.2) is 18.1 Å². The molecule has 0 unspecified atom stereocenters. The number of amidine groups is 1. The van der Waals surface area contributed by atoms with Crippen molar-refractivity contribution in [2.45, 2.75) is 13.8 Å². The molecule has 0 aliphatic rings. The van der Waals surface area contributed by atoms with Gasteiger partial charge in [-0.25, -0.2) is 0 Å². The van der Waals surface area contributed by atoms with Crippen LogP contribution >= 0.6 is 12.4 Å². The van der Waals surface area contributed by atoms with Crippen LogP contribution in [0.1, 0.15) is 19.4 Å². The zero-order valence-corrected chi connectivity index (χ0v) is 13.3. The second-order valence-electron chi connectivity index (χ2n) is 4.11. The fourth-order valence-corrected chi connectivity index (χ4v) is 1.84. The van der Waals surface area contributed by atoms with Crippen molar-refractivity contribution in [2.24, 2.45) is 5.73 Å². The highest BCUT2D eigenvalue weighted by Gasteiger charge is 2.16. The lowest BCUT2D eigenvalue weighted by Crippen LogP contribution is -2.34. The number of nitrogen functional groups attached to an aromatic ring is 1. The summed E-state index contributed by atoms with van der Waals surface area (Å²) in [5, 5.41) is 7.54. The van der Waals surface area contributed by atoms with E-state index in [1.807, 2.05) is 13.8 Å². The van der Waals surface area contributed by atoms with Gasteiger partial charge in [-0.05, 0) is 26.0 Å². The lowest BCUT2D eigenvalue weighted by molar-refractivity contribution is -0.132. The summed E-state index contributed by atoms with van der Waals surface area (Å²) in [6.45, 7) is 4.97. The molecule has 1 amide bonds. The third kappa shape index (κ3) is 4.82. The molecule has 0 fully saturated rings. The van der Waals surface area contributed by atoms with Crippen molar-refractivity contribution in [3.8, 4) is 11.5 Å². The number of rotatable bonds is 7. The van der Waals surface area contributed by atoms with Crippen molar-refractivity contribution in [2.75, 3.05) is 26.8 Å². The maximum absolute atomic E-state index is 11.9. The Morgan fingerprint density at radius 1 is 1.33 bits per heavy atom. The largest absolute Gasteiger partial charge is 0.493 e. The SMILES string of the molecule is CCN(CC)C(=O)COc1c(OC)cccc1C(=N)N.Cl. The van der Waals surface area contributed by atoms with Crippen molar-refractivity contribution >= 4 is 24.1 Å². The molecule has 118 valence electrons. The summed E-state index contributed by atoms with van der Waals surface area (Å²) in [5.41, 5.74) is 5.92. The third-order valence-electron chi connectivity index (χ3n) is 2.95. The van der Waals surface area contributed by atoms with E-state index in [1.165, 1.54) is 7.11 Å². The lowest BCUT2D eigenvalue weighted by atomic mass is 10.1. The minimum absolute atomic E-state index is 0. The molecular weight excluding hydrogens is 294 g/mol. The predicted octanol–water partition coefficient (Wildman–Crippen LogP) is 1.65. The van der Waals surface area contributed by atoms with Crippen molar-refractivity contribution in [1.29, 1.82) is 5.41 Å². The van der Waals surface area contributed by atoms with Gasteiger partial charge in [0.25, 0.3) is 5.91 Å². The van der Waals surface area contributed by atoms with E-state index in [4.69, 9.17) is 20.6 Å². The number of benzene rings is 1. The Morgan fingerprint density at radius 3 is 2.43 bits per heavy atom. The summed E-state index contributed by atoms with van der Waals surface area (Å²) in [4.78, 5) is 13.6. The zero-order valence-electron chi connectivity index (χ0n) is 12.5. The van der Waals surface area contributed by atoms with E-state index in [-0.39, 0.29) is 30.8 Å². The summed E-state index contributed by atoms with van der Waals surface area (Å²) in [5.74, 6) is 0.526. The zero-order chi connectivity index (χ0) is 15.1. The van der Waals surface area contributed by atoms with Gasteiger partial charge in [0.05, 0.1) is 12.7 Å². The van der Waals surface area contributed by atoms with Crippen LogP contribution in [0, 0.1) is 5.41 Å². The van der Waals surface area contributed by atoms with E-state index in [9.17, 15) is 4.79 Å². The molecule has 0 aromatic heterocycles. The van der Waals surface area contributed by atoms with Crippen LogP contribution in [0.4, 0.5) is 0 Å². The molecule has 0 saturated carbocycles. The second-order valence-corrected chi connectivity index (χ2v) is 4.11. The van der Waals surface area contributed by atoms with Gasteiger partial charge in [0.2, 0.25) is 0 Å². The van der Waals surface area contributed by atoms with Crippen LogP contribution in [0.5, 0.6) is 11.5 Å². The molecule has 0 atom stereocenters. The van der Waals surface area contributed by atoms with Crippen LogP contribution in [-0.2, 0) is 4.79 Å². The summed E-state index contributed by atoms with van der Waals surface area (Å²) in [6, 6.07) is 5.07. The van der Waals surface area contributed by atoms with E-state index in [1.54, 1.807) is 23.1 Å². The van der Waals surface area contributed by atoms with Gasteiger partial charge in [-0.15, -0.1) is 12.4 Å². The van der Waals surface area contributed by atoms with Gasteiger partial charge in [0, 0.05) is 13.1 Å². The summed E-state index contributed by atoms with van der Waals surface area (Å²) < 4.78 is 10.7. The molecule has 1 aromatic rings. The van der Waals surface area contributed by atoms with Gasteiger partial charge >= 0.3 is 0 Å². The molecule has 0 radical (unpaired) electrons. The Morgan fingerprint density at radius 2 is 1.95 bits per heavy atom. The Bertz CT molecular complexity index is 490. The van der Waals surface area contributed by atoms with Crippen LogP contribution in [0.25, 0.3) is 0 Å². The molecule has 6 nitrogen and oxygen atoms in total. The number of halogens is 1. The first-order valence-electron chi connectivity index (χ1n) is 6.47. The molecule has 21 heavy (non-hydrogen) atoms. The first-order chi connectivity index (χ1) is 9.54. The molecule has 1 rings (SSSR count). The molecule has 3 N–H and O–H groups in total. The van der Waals surface area contributed by atoms with Gasteiger partial charge < -0.3 is 20.1 Å². The number of hydrogen-bond acceptors (Lipinski definition) is 4. The van der Waals surface area contributed by atoms with E-state index >= 15 is 0 Å². The molecule has 7 heteroatoms. The van der Waals surface area contributed by atoms with Crippen LogP contribution < -0.4 is 15.2 Å². The molecule has 0 saturated heterocycles. The average Bonchev–Trinajstić information content (AvgIpc) is 2.45. The number of carbonyl (C=O) groups excluding carboxylic acids is 1. The number of ether oxygens (including phenoxy) is 2. The normalized spacial score (nSPS) is 9.48. The maximum Gasteiger partial charge on any atom is 0.260 e. The lowest BCUT2D eigenvalue weighted by Gasteiger charge is -2.20. The van der Waals surface area contributed by atoms with Crippen molar-refractivity contribution in [3.63, 3.8) is 0 Å². The Hall–Kier alpha value is -1.95. The predicted molar refractivity (Wildman–Crippen MR) is 84.7 cm³/mol. The number of nitrogens with two attached hydrogens (primary N) is 1. The highest BCUT2D eigenvalue weighted by molar-refractivity contribution is 5.98. The number of nitrogens with one attached hydrogen (secondary N) is 1. The smallest absolute Gasteiger partial charge is 0.260 e. The van der Waals surface area contributed by atoms with Crippen LogP contribution in [-0.4, -0.2) is 43.4 Å². The molecule has 0 bridgehead atoms. The second kappa shape index (κ2) is 9.07. The van der Waals surface area contributed by atoms with Crippen LogP contribution in [0.3, 0.4) is 0 Å². The quantitative estimate of drug-likeness (QED) is 0.591. The maximum atomic E-state index is 11.9. The van der Waals surface area contributed by atoms with E-state index in [0.717, 1.165) is 0 Å². The number of nitrogens with zero attached hydrogens (tertiary/aromatic N) is 1. The first kappa shape index (κ1) is 19.1. The highest BCUT2D eigenvalue weighted by Crippen LogP contribution is 2.30. The summed E-state index contributed by atoms with van der Waals surface area (Å²) in [7, 11) is 1.50. The number of para-hydroxylation sites is 1. The Kier molecular flexibility index (Phi) is 8.23. The Labute approximate surface area is 131 Å². The highest BCUT2D eigenvalue weighted by atomic mass is 35.5. The van der Waals surface area contributed by atoms with Crippen LogP contribution in [0.2, 0.25) is 0 Å². The van der Waals surface area contributed by atoms with E-state index < -0.39 is 0 Å². The van der Waals surface area contributed by atoms with E-state index in [2.05, 4.69) is 0 Å². The summed E-state index contributed by atoms with van der Waals surface area (Å²) >= 11 is 0. The minimum atomic E-state index is -0.130. The molecular formula is C14H22ClN3O3. The topological polar surface area (TPSA) is 88.6 Å². The number of hydrogen-bond donors (Lipinski definition) is 2. The van der Waals surface area contributed by atoms with Gasteiger partial charge in [-0.2, -0.15) is 0 Å². The van der Waals surface area contributed by atoms with Crippen molar-refractivity contribution < 1.29 is 14.3 Å². The molecule has 0 heterocycles. The molecule has 0 spiro atoms. The van der Waals surface area contributed by atoms with Gasteiger partial charge in [-0.3, -0.25) is 10.2 Å². The minimum Gasteiger partial charge on any atom is -0.493 e. The standard InChI is InChI=1S/C14H21N3O3.ClH/c1-4-17(5-2)12(18)9-20-13-10(14(15)16)7-6-8-11(13)19-3;/h6-8H,4-5,9H2,1-3H3,(H3,15,16);1H. The first-order valence-corrected chi connectivity index (χ1v) is 6.47. The fourth-order valence-electron chi connectivity index (χ4n) is 1.84. The molecule has 0 aliphatic carbocycles. The molecule has 1 aromatic carbocycles.